The molecule has 0 spiro atoms. The summed E-state index contributed by atoms with van der Waals surface area (Å²) in [5.74, 6) is 0. The predicted octanol–water partition coefficient (Wildman–Crippen LogP) is 1.94. The Morgan fingerprint density at radius 1 is 1.40 bits per heavy atom. The Morgan fingerprint density at radius 2 is 2.10 bits per heavy atom. The molecule has 1 aromatic rings. The highest BCUT2D eigenvalue weighted by Gasteiger charge is 2.23. The molecule has 0 atom stereocenters. The van der Waals surface area contributed by atoms with E-state index >= 15 is 0 Å². The number of aromatic nitrogens is 1. The highest BCUT2D eigenvalue weighted by molar-refractivity contribution is 6.57. The Balaban J connectivity index is 2.57. The Bertz CT molecular complexity index is 191. The average Bonchev–Trinajstić information content (AvgIpc) is 2.12. The van der Waals surface area contributed by atoms with E-state index in [4.69, 9.17) is 0 Å². The first-order chi connectivity index (χ1) is 4.58. The van der Waals surface area contributed by atoms with Gasteiger partial charge in [0.1, 0.15) is 0 Å². The van der Waals surface area contributed by atoms with Gasteiger partial charge in [-0.25, -0.2) is 0 Å². The summed E-state index contributed by atoms with van der Waals surface area (Å²) in [5, 5.41) is 0. The number of hydrogen-bond donors (Lipinski definition) is 1. The van der Waals surface area contributed by atoms with Gasteiger partial charge in [-0.05, 0) is 24.1 Å². The molecular formula is C5H6BF3N-. The number of halogens is 3. The highest BCUT2D eigenvalue weighted by atomic mass is 19.4. The van der Waals surface area contributed by atoms with Crippen LogP contribution in [0.4, 0.5) is 12.9 Å². The third-order valence-electron chi connectivity index (χ3n) is 1.11. The molecule has 0 saturated carbocycles. The number of H-pyrrole nitrogens is 1. The van der Waals surface area contributed by atoms with E-state index in [9.17, 15) is 12.9 Å². The maximum atomic E-state index is 11.7. The van der Waals surface area contributed by atoms with Crippen LogP contribution in [0.15, 0.2) is 18.3 Å². The molecule has 56 valence electrons. The van der Waals surface area contributed by atoms with Crippen LogP contribution in [0, 0.1) is 0 Å². The fourth-order valence-corrected chi connectivity index (χ4v) is 0.744. The summed E-state index contributed by atoms with van der Waals surface area (Å²) in [6.45, 7) is -4.69. The molecule has 0 aliphatic rings. The van der Waals surface area contributed by atoms with Crippen LogP contribution < -0.4 is 0 Å². The molecule has 0 bridgehead atoms. The first-order valence-corrected chi connectivity index (χ1v) is 2.91. The Labute approximate surface area is 56.3 Å². The lowest BCUT2D eigenvalue weighted by Gasteiger charge is -2.10. The average molecular weight is 148 g/mol. The fraction of sp³-hybridized carbons (Fsp3) is 0.200. The Morgan fingerprint density at radius 3 is 2.50 bits per heavy atom. The molecule has 0 amide bonds. The Hall–Kier alpha value is -0.865. The second-order valence-electron chi connectivity index (χ2n) is 2.11. The van der Waals surface area contributed by atoms with E-state index in [2.05, 4.69) is 4.98 Å². The second-order valence-corrected chi connectivity index (χ2v) is 2.11. The van der Waals surface area contributed by atoms with Gasteiger partial charge in [0.05, 0.1) is 0 Å². The third kappa shape index (κ3) is 2.17. The van der Waals surface area contributed by atoms with E-state index in [-0.39, 0.29) is 5.69 Å². The summed E-state index contributed by atoms with van der Waals surface area (Å²) in [6.07, 6.45) is 0.671. The number of nitrogens with one attached hydrogen (secondary N) is 1. The summed E-state index contributed by atoms with van der Waals surface area (Å²) < 4.78 is 35.0. The first-order valence-electron chi connectivity index (χ1n) is 2.91. The Kier molecular flexibility index (Phi) is 1.74. The van der Waals surface area contributed by atoms with Crippen molar-refractivity contribution in [2.75, 3.05) is 0 Å². The number of hydrogen-bond acceptors (Lipinski definition) is 0. The van der Waals surface area contributed by atoms with Crippen LogP contribution in [0.1, 0.15) is 5.69 Å². The smallest absolute Gasteiger partial charge is 0.449 e. The van der Waals surface area contributed by atoms with Crippen LogP contribution in [0.25, 0.3) is 0 Å². The van der Waals surface area contributed by atoms with Crippen LogP contribution in [-0.2, 0) is 6.32 Å². The lowest BCUT2D eigenvalue weighted by atomic mass is 9.84. The van der Waals surface area contributed by atoms with Crippen molar-refractivity contribution in [1.29, 1.82) is 0 Å². The van der Waals surface area contributed by atoms with Gasteiger partial charge < -0.3 is 17.9 Å². The minimum Gasteiger partial charge on any atom is -0.449 e. The predicted molar refractivity (Wildman–Crippen MR) is 33.6 cm³/mol. The summed E-state index contributed by atoms with van der Waals surface area (Å²) in [5.41, 5.74) is 0.229. The van der Waals surface area contributed by atoms with Crippen molar-refractivity contribution in [3.8, 4) is 0 Å². The van der Waals surface area contributed by atoms with E-state index in [0.29, 0.717) is 0 Å². The molecule has 1 aromatic heterocycles. The second kappa shape index (κ2) is 2.40. The van der Waals surface area contributed by atoms with E-state index in [0.717, 1.165) is 0 Å². The maximum absolute atomic E-state index is 11.7. The molecule has 0 aliphatic heterocycles. The van der Waals surface area contributed by atoms with E-state index < -0.39 is 13.3 Å². The SMILES string of the molecule is F[B-](F)(F)Cc1ccc[nH]1. The molecule has 1 N–H and O–H groups in total. The lowest BCUT2D eigenvalue weighted by molar-refractivity contribution is 0.467. The van der Waals surface area contributed by atoms with Crippen molar-refractivity contribution < 1.29 is 12.9 Å². The van der Waals surface area contributed by atoms with Crippen molar-refractivity contribution >= 4 is 6.98 Å². The molecular weight excluding hydrogens is 142 g/mol. The summed E-state index contributed by atoms with van der Waals surface area (Å²) in [4.78, 5) is 2.49. The van der Waals surface area contributed by atoms with Gasteiger partial charge in [-0.15, -0.1) is 0 Å². The molecule has 1 nitrogen and oxygen atoms in total. The van der Waals surface area contributed by atoms with Gasteiger partial charge in [0, 0.05) is 6.20 Å². The lowest BCUT2D eigenvalue weighted by Crippen LogP contribution is -2.19. The number of aromatic amines is 1. The minimum absolute atomic E-state index is 0.229. The van der Waals surface area contributed by atoms with Crippen molar-refractivity contribution in [3.05, 3.63) is 24.0 Å². The zero-order chi connectivity index (χ0) is 7.61. The molecule has 1 heterocycles. The zero-order valence-electron chi connectivity index (χ0n) is 5.15. The van der Waals surface area contributed by atoms with Crippen LogP contribution >= 0.6 is 0 Å². The van der Waals surface area contributed by atoms with Crippen LogP contribution in [0.2, 0.25) is 0 Å². The highest BCUT2D eigenvalue weighted by Crippen LogP contribution is 2.14. The van der Waals surface area contributed by atoms with Gasteiger partial charge >= 0.3 is 6.98 Å². The van der Waals surface area contributed by atoms with Crippen LogP contribution in [0.5, 0.6) is 0 Å². The van der Waals surface area contributed by atoms with Gasteiger partial charge in [0.2, 0.25) is 0 Å². The summed E-state index contributed by atoms with van der Waals surface area (Å²) >= 11 is 0. The van der Waals surface area contributed by atoms with Gasteiger partial charge in [-0.2, -0.15) is 0 Å². The molecule has 1 rings (SSSR count). The molecule has 0 fully saturated rings. The molecule has 0 unspecified atom stereocenters. The third-order valence-corrected chi connectivity index (χ3v) is 1.11. The van der Waals surface area contributed by atoms with E-state index in [1.807, 2.05) is 0 Å². The first kappa shape index (κ1) is 7.24. The molecule has 0 aliphatic carbocycles. The standard InChI is InChI=1S/C5H6BF3N/c7-6(8,9)4-5-2-1-3-10-5/h1-3,10H,4H2/q-1. The van der Waals surface area contributed by atoms with Crippen LogP contribution in [0.3, 0.4) is 0 Å². The van der Waals surface area contributed by atoms with Crippen molar-refractivity contribution in [1.82, 2.24) is 4.98 Å². The molecule has 5 heteroatoms. The van der Waals surface area contributed by atoms with Crippen LogP contribution in [-0.4, -0.2) is 12.0 Å². The molecule has 10 heavy (non-hydrogen) atoms. The van der Waals surface area contributed by atoms with Gasteiger partial charge in [0.15, 0.2) is 0 Å². The number of rotatable bonds is 2. The molecule has 0 radical (unpaired) electrons. The van der Waals surface area contributed by atoms with Crippen molar-refractivity contribution in [2.45, 2.75) is 6.32 Å². The van der Waals surface area contributed by atoms with Gasteiger partial charge in [-0.1, -0.05) is 0 Å². The largest absolute Gasteiger partial charge is 0.484 e. The van der Waals surface area contributed by atoms with Crippen molar-refractivity contribution in [3.63, 3.8) is 0 Å². The quantitative estimate of drug-likeness (QED) is 0.616. The van der Waals surface area contributed by atoms with E-state index in [1.165, 1.54) is 12.3 Å². The molecule has 0 aromatic carbocycles. The maximum Gasteiger partial charge on any atom is 0.484 e. The van der Waals surface area contributed by atoms with Gasteiger partial charge in [0.25, 0.3) is 0 Å². The van der Waals surface area contributed by atoms with Gasteiger partial charge in [-0.3, -0.25) is 0 Å². The normalized spacial score (nSPS) is 11.9. The van der Waals surface area contributed by atoms with E-state index in [1.54, 1.807) is 6.07 Å². The molecule has 0 saturated heterocycles. The fourth-order valence-electron chi connectivity index (χ4n) is 0.744. The summed E-state index contributed by atoms with van der Waals surface area (Å²) in [7, 11) is 0. The zero-order valence-corrected chi connectivity index (χ0v) is 5.15. The minimum atomic E-state index is -4.69. The monoisotopic (exact) mass is 148 g/mol. The topological polar surface area (TPSA) is 15.8 Å². The summed E-state index contributed by atoms with van der Waals surface area (Å²) in [6, 6.07) is 2.98. The van der Waals surface area contributed by atoms with Crippen molar-refractivity contribution in [2.24, 2.45) is 0 Å².